The van der Waals surface area contributed by atoms with Crippen molar-refractivity contribution in [2.45, 2.75) is 31.8 Å². The Morgan fingerprint density at radius 2 is 2.30 bits per heavy atom. The molecule has 20 heavy (non-hydrogen) atoms. The number of hydrogen-bond donors (Lipinski definition) is 1. The number of ether oxygens (including phenoxy) is 1. The number of para-hydroxylation sites is 1. The number of rotatable bonds is 5. The molecule has 5 nitrogen and oxygen atoms in total. The first-order chi connectivity index (χ1) is 9.76. The van der Waals surface area contributed by atoms with E-state index in [1.807, 2.05) is 13.0 Å². The molecule has 0 spiro atoms. The third-order valence-corrected chi connectivity index (χ3v) is 3.74. The monoisotopic (exact) mass is 273 g/mol. The van der Waals surface area contributed by atoms with E-state index in [4.69, 9.17) is 9.26 Å². The van der Waals surface area contributed by atoms with E-state index in [-0.39, 0.29) is 6.10 Å². The highest BCUT2D eigenvalue weighted by Gasteiger charge is 2.24. The summed E-state index contributed by atoms with van der Waals surface area (Å²) in [4.78, 5) is 4.45. The molecule has 2 heterocycles. The minimum atomic E-state index is 0.106. The second-order valence-electron chi connectivity index (χ2n) is 5.22. The summed E-state index contributed by atoms with van der Waals surface area (Å²) in [5, 5.41) is 7.42. The molecule has 106 valence electrons. The Balaban J connectivity index is 1.67. The first-order valence-corrected chi connectivity index (χ1v) is 6.93. The van der Waals surface area contributed by atoms with E-state index in [9.17, 15) is 0 Å². The lowest BCUT2D eigenvalue weighted by atomic mass is 9.98. The third-order valence-electron chi connectivity index (χ3n) is 3.74. The number of methoxy groups -OCH3 is 1. The third kappa shape index (κ3) is 2.67. The van der Waals surface area contributed by atoms with E-state index < -0.39 is 0 Å². The van der Waals surface area contributed by atoms with Gasteiger partial charge < -0.3 is 14.6 Å². The van der Waals surface area contributed by atoms with Gasteiger partial charge in [-0.3, -0.25) is 0 Å². The largest absolute Gasteiger partial charge is 0.384 e. The molecule has 2 aromatic rings. The first kappa shape index (κ1) is 13.1. The van der Waals surface area contributed by atoms with Gasteiger partial charge in [-0.1, -0.05) is 23.4 Å². The number of anilines is 1. The predicted molar refractivity (Wildman–Crippen MR) is 75.8 cm³/mol. The van der Waals surface area contributed by atoms with E-state index in [0.29, 0.717) is 24.1 Å². The highest BCUT2D eigenvalue weighted by molar-refractivity contribution is 5.57. The minimum absolute atomic E-state index is 0.106. The molecule has 1 aliphatic rings. The van der Waals surface area contributed by atoms with Crippen molar-refractivity contribution >= 4 is 5.69 Å². The van der Waals surface area contributed by atoms with Gasteiger partial charge in [-0.15, -0.1) is 0 Å². The molecule has 0 aliphatic carbocycles. The molecule has 0 amide bonds. The maximum Gasteiger partial charge on any atom is 0.227 e. The van der Waals surface area contributed by atoms with Crippen LogP contribution in [0.2, 0.25) is 0 Å². The van der Waals surface area contributed by atoms with E-state index >= 15 is 0 Å². The van der Waals surface area contributed by atoms with Crippen molar-refractivity contribution in [3.63, 3.8) is 0 Å². The summed E-state index contributed by atoms with van der Waals surface area (Å²) in [5.41, 5.74) is 2.54. The Labute approximate surface area is 118 Å². The normalized spacial score (nSPS) is 18.6. The van der Waals surface area contributed by atoms with Gasteiger partial charge in [0, 0.05) is 38.1 Å². The average molecular weight is 273 g/mol. The second-order valence-corrected chi connectivity index (χ2v) is 5.22. The van der Waals surface area contributed by atoms with Crippen LogP contribution < -0.4 is 5.32 Å². The number of aromatic nitrogens is 2. The molecular weight excluding hydrogens is 254 g/mol. The summed E-state index contributed by atoms with van der Waals surface area (Å²) in [6.45, 7) is 2.92. The van der Waals surface area contributed by atoms with Crippen molar-refractivity contribution in [3.05, 3.63) is 41.5 Å². The Bertz CT molecular complexity index is 582. The van der Waals surface area contributed by atoms with Crippen molar-refractivity contribution in [2.75, 3.05) is 19.0 Å². The standard InChI is InChI=1S/C15H19N3O2/c1-10(19-2)7-14-17-15(20-18-14)8-11-9-16-13-6-4-3-5-12(11)13/h3-6,10-11,16H,7-9H2,1-2H3. The summed E-state index contributed by atoms with van der Waals surface area (Å²) in [5.74, 6) is 1.82. The van der Waals surface area contributed by atoms with Crippen LogP contribution in [0.4, 0.5) is 5.69 Å². The lowest BCUT2D eigenvalue weighted by molar-refractivity contribution is 0.116. The molecule has 1 N–H and O–H groups in total. The molecule has 2 atom stereocenters. The molecule has 0 fully saturated rings. The summed E-state index contributed by atoms with van der Waals surface area (Å²) < 4.78 is 10.6. The van der Waals surface area contributed by atoms with Gasteiger partial charge in [-0.05, 0) is 18.6 Å². The van der Waals surface area contributed by atoms with Crippen LogP contribution in [0, 0.1) is 0 Å². The van der Waals surface area contributed by atoms with Crippen LogP contribution in [0.1, 0.15) is 30.1 Å². The highest BCUT2D eigenvalue weighted by atomic mass is 16.5. The van der Waals surface area contributed by atoms with Gasteiger partial charge in [0.25, 0.3) is 0 Å². The molecule has 0 saturated heterocycles. The highest BCUT2D eigenvalue weighted by Crippen LogP contribution is 2.32. The van der Waals surface area contributed by atoms with Crippen LogP contribution in [0.15, 0.2) is 28.8 Å². The SMILES string of the molecule is COC(C)Cc1noc(CC2CNc3ccccc32)n1. The zero-order valence-electron chi connectivity index (χ0n) is 11.8. The number of fused-ring (bicyclic) bond motifs is 1. The van der Waals surface area contributed by atoms with Gasteiger partial charge in [0.1, 0.15) is 0 Å². The van der Waals surface area contributed by atoms with E-state index in [2.05, 4.69) is 33.7 Å². The summed E-state index contributed by atoms with van der Waals surface area (Å²) in [6, 6.07) is 8.38. The average Bonchev–Trinajstić information content (AvgIpc) is 3.07. The van der Waals surface area contributed by atoms with Crippen molar-refractivity contribution in [1.29, 1.82) is 0 Å². The predicted octanol–water partition coefficient (Wildman–Crippen LogP) is 2.40. The molecule has 5 heteroatoms. The van der Waals surface area contributed by atoms with Crippen LogP contribution in [0.25, 0.3) is 0 Å². The fraction of sp³-hybridized carbons (Fsp3) is 0.467. The maximum atomic E-state index is 5.34. The number of nitrogens with zero attached hydrogens (tertiary/aromatic N) is 2. The second kappa shape index (κ2) is 5.63. The quantitative estimate of drug-likeness (QED) is 0.906. The van der Waals surface area contributed by atoms with Gasteiger partial charge >= 0.3 is 0 Å². The number of nitrogens with one attached hydrogen (secondary N) is 1. The van der Waals surface area contributed by atoms with E-state index in [0.717, 1.165) is 13.0 Å². The van der Waals surface area contributed by atoms with Gasteiger partial charge in [-0.25, -0.2) is 0 Å². The van der Waals surface area contributed by atoms with Crippen LogP contribution >= 0.6 is 0 Å². The molecule has 0 saturated carbocycles. The molecule has 0 bridgehead atoms. The lowest BCUT2D eigenvalue weighted by Crippen LogP contribution is -2.10. The van der Waals surface area contributed by atoms with Crippen molar-refractivity contribution in [2.24, 2.45) is 0 Å². The zero-order valence-corrected chi connectivity index (χ0v) is 11.8. The summed E-state index contributed by atoms with van der Waals surface area (Å²) in [7, 11) is 1.69. The van der Waals surface area contributed by atoms with Gasteiger partial charge in [0.2, 0.25) is 5.89 Å². The maximum absolute atomic E-state index is 5.34. The molecule has 0 radical (unpaired) electrons. The number of benzene rings is 1. The molecule has 1 aromatic heterocycles. The van der Waals surface area contributed by atoms with Crippen LogP contribution in [-0.4, -0.2) is 29.9 Å². The fourth-order valence-corrected chi connectivity index (χ4v) is 2.55. The minimum Gasteiger partial charge on any atom is -0.384 e. The van der Waals surface area contributed by atoms with Crippen LogP contribution in [0.5, 0.6) is 0 Å². The molecule has 2 unspecified atom stereocenters. The fourth-order valence-electron chi connectivity index (χ4n) is 2.55. The summed E-state index contributed by atoms with van der Waals surface area (Å²) in [6.07, 6.45) is 1.56. The molecule has 1 aliphatic heterocycles. The summed E-state index contributed by atoms with van der Waals surface area (Å²) >= 11 is 0. The van der Waals surface area contributed by atoms with Gasteiger partial charge in [0.15, 0.2) is 5.82 Å². The Hall–Kier alpha value is -1.88. The van der Waals surface area contributed by atoms with Crippen molar-refractivity contribution in [3.8, 4) is 0 Å². The smallest absolute Gasteiger partial charge is 0.227 e. The number of hydrogen-bond acceptors (Lipinski definition) is 5. The van der Waals surface area contributed by atoms with Crippen LogP contribution in [-0.2, 0) is 17.6 Å². The molecule has 3 rings (SSSR count). The molecule has 1 aromatic carbocycles. The topological polar surface area (TPSA) is 60.2 Å². The first-order valence-electron chi connectivity index (χ1n) is 6.93. The van der Waals surface area contributed by atoms with Crippen LogP contribution in [0.3, 0.4) is 0 Å². The van der Waals surface area contributed by atoms with Gasteiger partial charge in [-0.2, -0.15) is 4.98 Å². The van der Waals surface area contributed by atoms with E-state index in [1.54, 1.807) is 7.11 Å². The van der Waals surface area contributed by atoms with Crippen molar-refractivity contribution < 1.29 is 9.26 Å². The van der Waals surface area contributed by atoms with E-state index in [1.165, 1.54) is 11.3 Å². The zero-order chi connectivity index (χ0) is 13.9. The lowest BCUT2D eigenvalue weighted by Gasteiger charge is -2.06. The Morgan fingerprint density at radius 3 is 3.15 bits per heavy atom. The Kier molecular flexibility index (Phi) is 3.69. The van der Waals surface area contributed by atoms with Crippen molar-refractivity contribution in [1.82, 2.24) is 10.1 Å². The Morgan fingerprint density at radius 1 is 1.45 bits per heavy atom. The molecular formula is C15H19N3O2. The van der Waals surface area contributed by atoms with Gasteiger partial charge in [0.05, 0.1) is 6.10 Å².